The average Bonchev–Trinajstić information content (AvgIpc) is 1.68. The molecule has 6 saturated heterocycles. The molecule has 5 N–H and O–H groups in total. The van der Waals surface area contributed by atoms with Crippen molar-refractivity contribution in [1.82, 2.24) is 5.32 Å². The Balaban J connectivity index is 0.904. The quantitative estimate of drug-likeness (QED) is 0.0240. The molecule has 1 saturated carbocycles. The Hall–Kier alpha value is -5.07. The second-order valence-corrected chi connectivity index (χ2v) is 28.2. The van der Waals surface area contributed by atoms with Crippen LogP contribution in [0, 0.1) is 51.0 Å². The number of fused-ring (bicyclic) bond motifs is 4. The number of amides is 1. The number of nitro groups is 1. The van der Waals surface area contributed by atoms with Gasteiger partial charge < -0.3 is 87.3 Å². The normalized spacial score (nSPS) is 47.4. The summed E-state index contributed by atoms with van der Waals surface area (Å²) in [7, 11) is 1.15. The molecule has 29 atom stereocenters. The Morgan fingerprint density at radius 2 is 1.35 bits per heavy atom. The summed E-state index contributed by atoms with van der Waals surface area (Å²) in [5, 5.41) is 62.0. The molecule has 4 aliphatic carbocycles. The highest BCUT2D eigenvalue weighted by Crippen LogP contribution is 2.61. The van der Waals surface area contributed by atoms with Crippen LogP contribution in [0.25, 0.3) is 0 Å². The average molecular weight is 1310 g/mol. The van der Waals surface area contributed by atoms with Crippen molar-refractivity contribution in [3.05, 3.63) is 68.5 Å². The van der Waals surface area contributed by atoms with Gasteiger partial charge in [0, 0.05) is 68.1 Å². The molecule has 26 nitrogen and oxygen atoms in total. The smallest absolute Gasteiger partial charge is 0.407 e. The molecule has 2 bridgehead atoms. The van der Waals surface area contributed by atoms with Crippen LogP contribution in [0.1, 0.15) is 147 Å². The summed E-state index contributed by atoms with van der Waals surface area (Å²) in [6.45, 7) is 21.0. The fraction of sp³-hybridized carbons (Fsp3) is 0.776. The van der Waals surface area contributed by atoms with Crippen molar-refractivity contribution in [2.45, 2.75) is 281 Å². The number of hydrogen-bond acceptors (Lipinski definition) is 24. The highest BCUT2D eigenvalue weighted by molar-refractivity contribution is 6.26. The van der Waals surface area contributed by atoms with Crippen molar-refractivity contribution in [3.8, 4) is 0 Å². The van der Waals surface area contributed by atoms with E-state index in [1.54, 1.807) is 33.8 Å². The minimum absolute atomic E-state index is 0.00196. The van der Waals surface area contributed by atoms with Crippen LogP contribution in [0.2, 0.25) is 0 Å². The number of rotatable bonds is 14. The molecular weight excluding hydrogens is 1220 g/mol. The molecule has 26 heteroatoms. The first kappa shape index (κ1) is 70.7. The first-order valence-corrected chi connectivity index (χ1v) is 33.1. The number of alkyl carbamates (subject to hydrolysis) is 1. The molecule has 10 rings (SSSR count). The van der Waals surface area contributed by atoms with Crippen LogP contribution in [-0.4, -0.2) is 197 Å². The largest absolute Gasteiger partial charge is 0.511 e. The summed E-state index contributed by atoms with van der Waals surface area (Å²) >= 11 is 0. The van der Waals surface area contributed by atoms with Gasteiger partial charge in [-0.25, -0.2) is 9.59 Å². The van der Waals surface area contributed by atoms with Gasteiger partial charge in [0.25, 0.3) is 0 Å². The monoisotopic (exact) mass is 1310 g/mol. The van der Waals surface area contributed by atoms with Gasteiger partial charge in [0.15, 0.2) is 43.2 Å². The van der Waals surface area contributed by atoms with E-state index < -0.39 is 210 Å². The molecule has 10 aliphatic rings. The fourth-order valence-corrected chi connectivity index (χ4v) is 16.9. The highest BCUT2D eigenvalue weighted by atomic mass is 16.8. The van der Waals surface area contributed by atoms with E-state index in [1.807, 2.05) is 39.8 Å². The molecule has 7 fully saturated rings. The molecule has 518 valence electrons. The van der Waals surface area contributed by atoms with E-state index in [1.165, 1.54) is 19.9 Å². The van der Waals surface area contributed by atoms with Gasteiger partial charge in [0.1, 0.15) is 35.9 Å². The van der Waals surface area contributed by atoms with Crippen LogP contribution in [0.4, 0.5) is 4.79 Å². The van der Waals surface area contributed by atoms with Crippen LogP contribution < -0.4 is 5.32 Å². The Kier molecular flexibility index (Phi) is 21.4. The lowest BCUT2D eigenvalue weighted by atomic mass is 9.49. The van der Waals surface area contributed by atoms with Crippen LogP contribution in [0.3, 0.4) is 0 Å². The van der Waals surface area contributed by atoms with Gasteiger partial charge >= 0.3 is 18.0 Å². The molecule has 0 aromatic rings. The number of Topliss-reactive ketones (excluding diaryl/α,β-unsaturated/α-hetero) is 1. The predicted molar refractivity (Wildman–Crippen MR) is 325 cm³/mol. The zero-order valence-corrected chi connectivity index (χ0v) is 55.4. The number of allylic oxidation sites excluding steroid dienone is 3. The number of ketones is 1. The van der Waals surface area contributed by atoms with Crippen molar-refractivity contribution in [2.75, 3.05) is 7.11 Å². The molecule has 6 heterocycles. The van der Waals surface area contributed by atoms with Crippen LogP contribution in [0.5, 0.6) is 0 Å². The van der Waals surface area contributed by atoms with E-state index in [4.69, 9.17) is 61.6 Å². The summed E-state index contributed by atoms with van der Waals surface area (Å²) < 4.78 is 81.5. The maximum Gasteiger partial charge on any atom is 0.407 e. The number of aliphatic hydroxyl groups is 4. The number of carbonyl (C=O) groups excluding carboxylic acids is 5. The van der Waals surface area contributed by atoms with E-state index in [2.05, 4.69) is 25.2 Å². The molecule has 1 spiro atoms. The molecule has 0 radical (unpaired) electrons. The van der Waals surface area contributed by atoms with Crippen LogP contribution in [0.15, 0.2) is 58.4 Å². The van der Waals surface area contributed by atoms with E-state index in [0.29, 0.717) is 49.5 Å². The summed E-state index contributed by atoms with van der Waals surface area (Å²) in [6, 6.07) is -1.12. The molecule has 6 aliphatic heterocycles. The van der Waals surface area contributed by atoms with Crippen LogP contribution >= 0.6 is 0 Å². The third kappa shape index (κ3) is 14.0. The second kappa shape index (κ2) is 28.2. The summed E-state index contributed by atoms with van der Waals surface area (Å²) in [6.07, 6.45) is -4.21. The number of nitrogens with zero attached hydrogens (tertiary/aromatic N) is 1. The molecule has 0 aromatic carbocycles. The Bertz CT molecular complexity index is 2960. The molecule has 5 unspecified atom stereocenters. The van der Waals surface area contributed by atoms with E-state index in [9.17, 15) is 49.7 Å². The third-order valence-electron chi connectivity index (χ3n) is 21.7. The molecule has 1 amide bonds. The van der Waals surface area contributed by atoms with Crippen molar-refractivity contribution in [3.63, 3.8) is 0 Å². The zero-order valence-electron chi connectivity index (χ0n) is 55.4. The number of methoxy groups -OCH3 is 1. The number of nitrogens with one attached hydrogen (secondary N) is 1. The first-order chi connectivity index (χ1) is 43.9. The van der Waals surface area contributed by atoms with Gasteiger partial charge in [0.2, 0.25) is 11.3 Å². The SMILES string of the molecule is COC(=O)N[C@H]1[C@@H](C)O[C@@H](O[C@H]2C/C=C(\C)[C@@H]3C=C[C@@H]4C(O[C@H]5C[C@@H](O[C@H]6CCC(O[C@H]7C[C@@H](O)C(O[C@H]8CC[C@@H](O)[C@H](C)O8)[C@H](C)O7)[C@H](C)O6)[C@@H](OC(C)=O)[C@H](C)O5)[C@@H](C)C[C@H](C)[C@H]4[C@]3(C)C(O)=C3C(=O)OC4(CC(C=O)=C[C@H](O)[C@H]4/C=C/2C)C3=O)CC1(C)[N+](=O)[O-]. The van der Waals surface area contributed by atoms with Gasteiger partial charge in [-0.05, 0) is 109 Å². The van der Waals surface area contributed by atoms with E-state index >= 15 is 4.79 Å². The zero-order chi connectivity index (χ0) is 67.5. The standard InChI is InChI=1S/C67H96N2O24/c1-30-14-18-47(88-54-28-65(11,69(79)80)60(38(9)86-54)68-64(78)81-13)31(2)23-43-45(73)24-40(29-70)27-67(43)62(76)55(63(77)93-67)61(75)66(12)42(30)16-15-41-56(66)32(3)22-33(4)57(41)92-53-26-49(59(37(8)85-53)87-39(10)71)90-50-21-19-48(35(6)83-50)89-52-25-46(74)58(36(7)84-52)91-51-20-17-44(72)34(5)82-51/h14-16,23-24,29,32-38,41-54,56-60,72-75H,17-22,25-28H2,1-13H3,(H,68,78)/b30-14+,31-23+,61-55?/t32-,33-,34-,35-,36-,37-,38+,41-,42-,43+,44+,45-,46+,47-,48?,49+,50-,51-,52-,53-,54-,56+,57?,58?,59-,60-,65?,66+,67?/m0/s1. The summed E-state index contributed by atoms with van der Waals surface area (Å²) in [4.78, 5) is 80.4. The fourth-order valence-electron chi connectivity index (χ4n) is 16.9. The maximum atomic E-state index is 15.6. The second-order valence-electron chi connectivity index (χ2n) is 28.2. The summed E-state index contributed by atoms with van der Waals surface area (Å²) in [5.41, 5.74) is -4.91. The molecule has 0 aromatic heterocycles. The van der Waals surface area contributed by atoms with Crippen molar-refractivity contribution >= 4 is 30.1 Å². The van der Waals surface area contributed by atoms with E-state index in [0.717, 1.165) is 7.11 Å². The Morgan fingerprint density at radius 1 is 0.720 bits per heavy atom. The predicted octanol–water partition coefficient (Wildman–Crippen LogP) is 6.36. The minimum Gasteiger partial charge on any atom is -0.511 e. The maximum absolute atomic E-state index is 15.6. The van der Waals surface area contributed by atoms with Gasteiger partial charge in [-0.1, -0.05) is 50.6 Å². The molecule has 93 heavy (non-hydrogen) atoms. The van der Waals surface area contributed by atoms with Gasteiger partial charge in [-0.15, -0.1) is 0 Å². The lowest BCUT2D eigenvalue weighted by Gasteiger charge is -2.56. The van der Waals surface area contributed by atoms with Crippen LogP contribution in [-0.2, 0) is 80.8 Å². The number of ether oxygens (including phenoxy) is 13. The van der Waals surface area contributed by atoms with Gasteiger partial charge in [-0.3, -0.25) is 24.5 Å². The number of aliphatic hydroxyl groups excluding tert-OH is 4. The number of hydrogen-bond donors (Lipinski definition) is 5. The lowest BCUT2D eigenvalue weighted by molar-refractivity contribution is -0.584. The van der Waals surface area contributed by atoms with Crippen molar-refractivity contribution in [1.29, 1.82) is 0 Å². The highest BCUT2D eigenvalue weighted by Gasteiger charge is 2.65. The number of aldehydes is 1. The number of carbonyl (C=O) groups is 5. The number of esters is 2. The lowest BCUT2D eigenvalue weighted by Crippen LogP contribution is -2.65. The Morgan fingerprint density at radius 3 is 2.01 bits per heavy atom. The van der Waals surface area contributed by atoms with E-state index in [-0.39, 0.29) is 43.1 Å². The Labute approximate surface area is 542 Å². The summed E-state index contributed by atoms with van der Waals surface area (Å²) in [5.74, 6) is -6.46. The third-order valence-corrected chi connectivity index (χ3v) is 21.7. The van der Waals surface area contributed by atoms with Gasteiger partial charge in [0.05, 0.1) is 86.6 Å². The molecular formula is C67H96N2O24. The van der Waals surface area contributed by atoms with Crippen molar-refractivity contribution < 1.29 is 111 Å². The first-order valence-electron chi connectivity index (χ1n) is 33.1. The minimum atomic E-state index is -2.20. The van der Waals surface area contributed by atoms with Gasteiger partial charge in [-0.2, -0.15) is 0 Å². The van der Waals surface area contributed by atoms with Crippen molar-refractivity contribution in [2.24, 2.45) is 40.9 Å². The topological polar surface area (TPSA) is 341 Å².